The van der Waals surface area contributed by atoms with E-state index in [0.29, 0.717) is 23.7 Å². The molecular formula is C19H22ClN3O3S. The lowest BCUT2D eigenvalue weighted by Gasteiger charge is -2.34. The summed E-state index contributed by atoms with van der Waals surface area (Å²) in [6, 6.07) is 13.6. The summed E-state index contributed by atoms with van der Waals surface area (Å²) in [7, 11) is 0.274. The lowest BCUT2D eigenvalue weighted by Crippen LogP contribution is -2.50. The Morgan fingerprint density at radius 2 is 1.63 bits per heavy atom. The fourth-order valence-electron chi connectivity index (χ4n) is 2.99. The zero-order valence-electron chi connectivity index (χ0n) is 15.3. The number of rotatable bonds is 4. The van der Waals surface area contributed by atoms with Crippen LogP contribution in [0.4, 0.5) is 5.69 Å². The quantitative estimate of drug-likeness (QED) is 0.781. The number of sulfonamides is 1. The predicted molar refractivity (Wildman–Crippen MR) is 107 cm³/mol. The molecule has 144 valence electrons. The number of hydrogen-bond donors (Lipinski definition) is 0. The molecule has 0 N–H and O–H groups in total. The van der Waals surface area contributed by atoms with Gasteiger partial charge in [0.15, 0.2) is 0 Å². The lowest BCUT2D eigenvalue weighted by atomic mass is 10.1. The Morgan fingerprint density at radius 3 is 2.19 bits per heavy atom. The normalized spacial score (nSPS) is 15.6. The first-order valence-corrected chi connectivity index (χ1v) is 10.4. The lowest BCUT2D eigenvalue weighted by molar-refractivity contribution is 0.0698. The van der Waals surface area contributed by atoms with Gasteiger partial charge in [0.05, 0.1) is 4.90 Å². The molecule has 2 aromatic carbocycles. The van der Waals surface area contributed by atoms with Crippen LogP contribution in [0, 0.1) is 0 Å². The fourth-order valence-corrected chi connectivity index (χ4v) is 4.72. The molecule has 3 rings (SSSR count). The monoisotopic (exact) mass is 407 g/mol. The van der Waals surface area contributed by atoms with Crippen molar-refractivity contribution in [3.63, 3.8) is 0 Å². The third-order valence-corrected chi connectivity index (χ3v) is 6.72. The average molecular weight is 408 g/mol. The second-order valence-corrected chi connectivity index (χ2v) is 8.97. The number of carbonyl (C=O) groups is 1. The van der Waals surface area contributed by atoms with Crippen molar-refractivity contribution in [1.29, 1.82) is 0 Å². The van der Waals surface area contributed by atoms with Crippen molar-refractivity contribution in [3.8, 4) is 0 Å². The van der Waals surface area contributed by atoms with Gasteiger partial charge in [0.1, 0.15) is 0 Å². The van der Waals surface area contributed by atoms with Crippen LogP contribution in [-0.4, -0.2) is 63.8 Å². The van der Waals surface area contributed by atoms with Crippen LogP contribution in [0.15, 0.2) is 53.4 Å². The molecule has 2 aromatic rings. The van der Waals surface area contributed by atoms with Crippen molar-refractivity contribution < 1.29 is 13.2 Å². The highest BCUT2D eigenvalue weighted by Gasteiger charge is 2.30. The van der Waals surface area contributed by atoms with Crippen molar-refractivity contribution in [2.45, 2.75) is 4.90 Å². The Balaban J connectivity index is 1.67. The van der Waals surface area contributed by atoms with Crippen LogP contribution in [0.2, 0.25) is 5.02 Å². The fraction of sp³-hybridized carbons (Fsp3) is 0.316. The topological polar surface area (TPSA) is 60.9 Å². The molecule has 0 atom stereocenters. The van der Waals surface area contributed by atoms with E-state index in [0.717, 1.165) is 5.69 Å². The highest BCUT2D eigenvalue weighted by molar-refractivity contribution is 7.89. The SMILES string of the molecule is CN(C)c1ccc(C(=O)N2CCN(S(=O)(=O)c3cccc(Cl)c3)CC2)cc1. The van der Waals surface area contributed by atoms with Crippen molar-refractivity contribution in [1.82, 2.24) is 9.21 Å². The van der Waals surface area contributed by atoms with Crippen LogP contribution in [0.25, 0.3) is 0 Å². The first kappa shape index (κ1) is 19.7. The smallest absolute Gasteiger partial charge is 0.253 e. The van der Waals surface area contributed by atoms with Gasteiger partial charge in [0.25, 0.3) is 5.91 Å². The Kier molecular flexibility index (Phi) is 5.74. The molecule has 1 aliphatic rings. The van der Waals surface area contributed by atoms with Gasteiger partial charge in [0.2, 0.25) is 10.0 Å². The van der Waals surface area contributed by atoms with E-state index in [4.69, 9.17) is 11.6 Å². The van der Waals surface area contributed by atoms with Crippen molar-refractivity contribution in [2.24, 2.45) is 0 Å². The number of amides is 1. The maximum Gasteiger partial charge on any atom is 0.253 e. The summed E-state index contributed by atoms with van der Waals surface area (Å²) in [4.78, 5) is 16.5. The summed E-state index contributed by atoms with van der Waals surface area (Å²) in [6.45, 7) is 1.23. The molecule has 0 bridgehead atoms. The Morgan fingerprint density at radius 1 is 1.00 bits per heavy atom. The third-order valence-electron chi connectivity index (χ3n) is 4.59. The van der Waals surface area contributed by atoms with Crippen LogP contribution in [0.1, 0.15) is 10.4 Å². The molecule has 1 fully saturated rings. The summed E-state index contributed by atoms with van der Waals surface area (Å²) in [5, 5.41) is 0.381. The largest absolute Gasteiger partial charge is 0.378 e. The molecule has 1 saturated heterocycles. The molecule has 8 heteroatoms. The van der Waals surface area contributed by atoms with Crippen molar-refractivity contribution >= 4 is 33.2 Å². The number of hydrogen-bond acceptors (Lipinski definition) is 4. The van der Waals surface area contributed by atoms with E-state index in [2.05, 4.69) is 0 Å². The second kappa shape index (κ2) is 7.88. The summed E-state index contributed by atoms with van der Waals surface area (Å²) < 4.78 is 26.9. The minimum atomic E-state index is -3.61. The van der Waals surface area contributed by atoms with E-state index < -0.39 is 10.0 Å². The maximum absolute atomic E-state index is 12.7. The minimum Gasteiger partial charge on any atom is -0.378 e. The van der Waals surface area contributed by atoms with E-state index in [-0.39, 0.29) is 23.9 Å². The van der Waals surface area contributed by atoms with Crippen LogP contribution < -0.4 is 4.90 Å². The van der Waals surface area contributed by atoms with Gasteiger partial charge in [-0.3, -0.25) is 4.79 Å². The summed E-state index contributed by atoms with van der Waals surface area (Å²) in [5.74, 6) is -0.0832. The molecule has 1 aliphatic heterocycles. The van der Waals surface area contributed by atoms with Gasteiger partial charge < -0.3 is 9.80 Å². The Hall–Kier alpha value is -2.09. The number of piperazine rings is 1. The highest BCUT2D eigenvalue weighted by Crippen LogP contribution is 2.21. The third kappa shape index (κ3) is 4.26. The van der Waals surface area contributed by atoms with Gasteiger partial charge in [-0.05, 0) is 42.5 Å². The van der Waals surface area contributed by atoms with Gasteiger partial charge in [-0.25, -0.2) is 8.42 Å². The van der Waals surface area contributed by atoms with Gasteiger partial charge >= 0.3 is 0 Å². The summed E-state index contributed by atoms with van der Waals surface area (Å²) in [6.07, 6.45) is 0. The second-order valence-electron chi connectivity index (χ2n) is 6.59. The van der Waals surface area contributed by atoms with E-state index >= 15 is 0 Å². The van der Waals surface area contributed by atoms with Crippen LogP contribution >= 0.6 is 11.6 Å². The van der Waals surface area contributed by atoms with Crippen molar-refractivity contribution in [2.75, 3.05) is 45.2 Å². The Labute approximate surface area is 165 Å². The standard InChI is InChI=1S/C19H22ClN3O3S/c1-21(2)17-8-6-15(7-9-17)19(24)22-10-12-23(13-11-22)27(25,26)18-5-3-4-16(20)14-18/h3-9,14H,10-13H2,1-2H3. The first-order chi connectivity index (χ1) is 12.8. The highest BCUT2D eigenvalue weighted by atomic mass is 35.5. The van der Waals surface area contributed by atoms with Gasteiger partial charge in [-0.15, -0.1) is 0 Å². The maximum atomic E-state index is 12.7. The number of benzene rings is 2. The molecular weight excluding hydrogens is 386 g/mol. The molecule has 0 aromatic heterocycles. The number of halogens is 1. The zero-order valence-corrected chi connectivity index (χ0v) is 16.9. The first-order valence-electron chi connectivity index (χ1n) is 8.61. The molecule has 0 saturated carbocycles. The molecule has 1 amide bonds. The van der Waals surface area contributed by atoms with E-state index in [9.17, 15) is 13.2 Å². The molecule has 6 nitrogen and oxygen atoms in total. The van der Waals surface area contributed by atoms with Crippen LogP contribution in [0.5, 0.6) is 0 Å². The zero-order chi connectivity index (χ0) is 19.6. The Bertz CT molecular complexity index is 921. The van der Waals surface area contributed by atoms with Crippen molar-refractivity contribution in [3.05, 3.63) is 59.1 Å². The van der Waals surface area contributed by atoms with E-state index in [1.165, 1.54) is 16.4 Å². The number of carbonyl (C=O) groups excluding carboxylic acids is 1. The molecule has 0 radical (unpaired) electrons. The minimum absolute atomic E-state index is 0.0832. The predicted octanol–water partition coefficient (Wildman–Crippen LogP) is 2.55. The van der Waals surface area contributed by atoms with E-state index in [1.807, 2.05) is 31.1 Å². The van der Waals surface area contributed by atoms with Gasteiger partial charge in [-0.1, -0.05) is 17.7 Å². The number of nitrogens with zero attached hydrogens (tertiary/aromatic N) is 3. The van der Waals surface area contributed by atoms with Gasteiger partial charge in [-0.2, -0.15) is 4.31 Å². The molecule has 0 spiro atoms. The molecule has 1 heterocycles. The summed E-state index contributed by atoms with van der Waals surface area (Å²) in [5.41, 5.74) is 1.62. The van der Waals surface area contributed by atoms with E-state index in [1.54, 1.807) is 29.2 Å². The van der Waals surface area contributed by atoms with Crippen LogP contribution in [-0.2, 0) is 10.0 Å². The van der Waals surface area contributed by atoms with Crippen LogP contribution in [0.3, 0.4) is 0 Å². The molecule has 0 unspecified atom stereocenters. The average Bonchev–Trinajstić information content (AvgIpc) is 2.67. The molecule has 27 heavy (non-hydrogen) atoms. The van der Waals surface area contributed by atoms with Gasteiger partial charge in [0, 0.05) is 56.5 Å². The molecule has 0 aliphatic carbocycles. The summed E-state index contributed by atoms with van der Waals surface area (Å²) >= 11 is 5.91. The number of anilines is 1.